The monoisotopic (exact) mass is 232 g/mol. The Hall–Kier alpha value is -1.14. The number of carbonyl (C=O) groups is 1. The normalized spacial score (nSPS) is 12.6. The van der Waals surface area contributed by atoms with Crippen molar-refractivity contribution in [2.45, 2.75) is 12.0 Å². The average Bonchev–Trinajstić information content (AvgIpc) is 2.66. The van der Waals surface area contributed by atoms with Crippen molar-refractivity contribution in [3.05, 3.63) is 17.9 Å². The lowest BCUT2D eigenvalue weighted by Crippen LogP contribution is -2.05. The molecule has 15 heavy (non-hydrogen) atoms. The highest BCUT2D eigenvalue weighted by molar-refractivity contribution is 7.84. The molecule has 1 rings (SSSR count). The van der Waals surface area contributed by atoms with Gasteiger partial charge in [-0.2, -0.15) is 0 Å². The quantitative estimate of drug-likeness (QED) is 0.744. The van der Waals surface area contributed by atoms with E-state index in [1.807, 2.05) is 6.92 Å². The first-order valence-electron chi connectivity index (χ1n) is 4.44. The number of rotatable bonds is 6. The predicted molar refractivity (Wildman–Crippen MR) is 53.4 cm³/mol. The lowest BCUT2D eigenvalue weighted by atomic mass is 10.5. The molecule has 0 saturated heterocycles. The lowest BCUT2D eigenvalue weighted by molar-refractivity contribution is 0.0656. The number of hydrogen-bond donors (Lipinski definition) is 1. The Labute approximate surface area is 89.5 Å². The molecule has 1 aromatic rings. The van der Waals surface area contributed by atoms with Crippen molar-refractivity contribution in [2.75, 3.05) is 19.0 Å². The van der Waals surface area contributed by atoms with Crippen LogP contribution in [0, 0.1) is 0 Å². The summed E-state index contributed by atoms with van der Waals surface area (Å²) in [6, 6.07) is 2.70. The fourth-order valence-corrected chi connectivity index (χ4v) is 1.81. The molecule has 0 radical (unpaired) electrons. The Morgan fingerprint density at radius 2 is 2.33 bits per heavy atom. The van der Waals surface area contributed by atoms with Gasteiger partial charge in [0.05, 0.1) is 23.2 Å². The molecule has 6 heteroatoms. The molecule has 0 aromatic carbocycles. The molecule has 1 N–H and O–H groups in total. The Bertz CT molecular complexity index is 357. The van der Waals surface area contributed by atoms with Crippen LogP contribution in [0.5, 0.6) is 0 Å². The summed E-state index contributed by atoms with van der Waals surface area (Å²) in [5.74, 6) is -1.06. The lowest BCUT2D eigenvalue weighted by Gasteiger charge is -1.98. The summed E-state index contributed by atoms with van der Waals surface area (Å²) < 4.78 is 21.4. The van der Waals surface area contributed by atoms with Gasteiger partial charge in [0.25, 0.3) is 0 Å². The zero-order valence-corrected chi connectivity index (χ0v) is 9.08. The molecule has 1 aromatic heterocycles. The zero-order chi connectivity index (χ0) is 11.3. The number of aromatic carboxylic acids is 1. The number of hydrogen-bond acceptors (Lipinski definition) is 4. The van der Waals surface area contributed by atoms with Gasteiger partial charge in [-0.15, -0.1) is 0 Å². The first kappa shape index (κ1) is 11.9. The van der Waals surface area contributed by atoms with Gasteiger partial charge in [0, 0.05) is 6.61 Å². The minimum absolute atomic E-state index is 0.173. The molecule has 0 aliphatic heterocycles. The van der Waals surface area contributed by atoms with E-state index >= 15 is 0 Å². The molecular formula is C9H12O5S. The van der Waals surface area contributed by atoms with Crippen LogP contribution in [0.25, 0.3) is 0 Å². The molecule has 0 aliphatic rings. The van der Waals surface area contributed by atoms with Crippen molar-refractivity contribution >= 4 is 16.8 Å². The summed E-state index contributed by atoms with van der Waals surface area (Å²) >= 11 is 0. The summed E-state index contributed by atoms with van der Waals surface area (Å²) in [4.78, 5) is 10.5. The van der Waals surface area contributed by atoms with E-state index in [0.717, 1.165) is 0 Å². The second-order valence-electron chi connectivity index (χ2n) is 2.67. The maximum absolute atomic E-state index is 11.5. The Kier molecular flexibility index (Phi) is 4.51. The summed E-state index contributed by atoms with van der Waals surface area (Å²) in [5, 5.41) is 8.75. The van der Waals surface area contributed by atoms with Crippen molar-refractivity contribution in [2.24, 2.45) is 0 Å². The van der Waals surface area contributed by atoms with Crippen LogP contribution < -0.4 is 0 Å². The molecule has 5 nitrogen and oxygen atoms in total. The SMILES string of the molecule is CCOCCS(=O)c1ccc(C(=O)O)o1. The molecule has 0 bridgehead atoms. The Balaban J connectivity index is 2.54. The number of carboxylic acids is 1. The van der Waals surface area contributed by atoms with Gasteiger partial charge in [0.2, 0.25) is 5.76 Å². The molecule has 1 unspecified atom stereocenters. The molecule has 0 amide bonds. The highest BCUT2D eigenvalue weighted by Crippen LogP contribution is 2.12. The van der Waals surface area contributed by atoms with Crippen molar-refractivity contribution in [3.8, 4) is 0 Å². The van der Waals surface area contributed by atoms with Gasteiger partial charge >= 0.3 is 5.97 Å². The first-order chi connectivity index (χ1) is 7.15. The molecule has 0 fully saturated rings. The fourth-order valence-electron chi connectivity index (χ4n) is 0.937. The fraction of sp³-hybridized carbons (Fsp3) is 0.444. The molecule has 84 valence electrons. The Morgan fingerprint density at radius 3 is 2.87 bits per heavy atom. The summed E-state index contributed by atoms with van der Waals surface area (Å²) in [5.41, 5.74) is 0. The number of furan rings is 1. The number of carboxylic acid groups (broad SMARTS) is 1. The topological polar surface area (TPSA) is 76.7 Å². The minimum Gasteiger partial charge on any atom is -0.475 e. The second kappa shape index (κ2) is 5.67. The third kappa shape index (κ3) is 3.49. The van der Waals surface area contributed by atoms with Gasteiger partial charge in [-0.25, -0.2) is 4.79 Å². The summed E-state index contributed by atoms with van der Waals surface area (Å²) in [6.45, 7) is 2.78. The Morgan fingerprint density at radius 1 is 1.60 bits per heavy atom. The third-order valence-electron chi connectivity index (χ3n) is 1.63. The van der Waals surface area contributed by atoms with Crippen LogP contribution in [0.4, 0.5) is 0 Å². The van der Waals surface area contributed by atoms with Gasteiger partial charge in [-0.3, -0.25) is 4.21 Å². The van der Waals surface area contributed by atoms with Crippen LogP contribution in [0.15, 0.2) is 21.6 Å². The molecule has 1 atom stereocenters. The highest BCUT2D eigenvalue weighted by Gasteiger charge is 2.13. The first-order valence-corrected chi connectivity index (χ1v) is 5.76. The third-order valence-corrected chi connectivity index (χ3v) is 2.84. The largest absolute Gasteiger partial charge is 0.475 e. The molecule has 0 aliphatic carbocycles. The maximum Gasteiger partial charge on any atom is 0.371 e. The van der Waals surface area contributed by atoms with Crippen molar-refractivity contribution in [1.29, 1.82) is 0 Å². The van der Waals surface area contributed by atoms with Crippen molar-refractivity contribution in [3.63, 3.8) is 0 Å². The summed E-state index contributed by atoms with van der Waals surface area (Å²) in [6.07, 6.45) is 0. The van der Waals surface area contributed by atoms with Crippen LogP contribution >= 0.6 is 0 Å². The van der Waals surface area contributed by atoms with Gasteiger partial charge in [0.15, 0.2) is 5.09 Å². The van der Waals surface area contributed by atoms with E-state index in [1.165, 1.54) is 12.1 Å². The molecular weight excluding hydrogens is 220 g/mol. The van der Waals surface area contributed by atoms with Crippen molar-refractivity contribution in [1.82, 2.24) is 0 Å². The van der Waals surface area contributed by atoms with E-state index in [1.54, 1.807) is 0 Å². The predicted octanol–water partition coefficient (Wildman–Crippen LogP) is 1.12. The highest BCUT2D eigenvalue weighted by atomic mass is 32.2. The van der Waals surface area contributed by atoms with Gasteiger partial charge < -0.3 is 14.3 Å². The van der Waals surface area contributed by atoms with Crippen LogP contribution in [0.2, 0.25) is 0 Å². The van der Waals surface area contributed by atoms with Crippen LogP contribution in [0.1, 0.15) is 17.5 Å². The number of ether oxygens (including phenoxy) is 1. The van der Waals surface area contributed by atoms with Crippen molar-refractivity contribution < 1.29 is 23.3 Å². The molecule has 1 heterocycles. The van der Waals surface area contributed by atoms with E-state index in [-0.39, 0.29) is 10.9 Å². The summed E-state index contributed by atoms with van der Waals surface area (Å²) in [7, 11) is -1.34. The van der Waals surface area contributed by atoms with E-state index in [9.17, 15) is 9.00 Å². The zero-order valence-electron chi connectivity index (χ0n) is 8.26. The smallest absolute Gasteiger partial charge is 0.371 e. The average molecular weight is 232 g/mol. The van der Waals surface area contributed by atoms with Crippen LogP contribution in [0.3, 0.4) is 0 Å². The maximum atomic E-state index is 11.5. The standard InChI is InChI=1S/C9H12O5S/c1-2-13-5-6-15(12)8-4-3-7(14-8)9(10)11/h3-4H,2,5-6H2,1H3,(H,10,11). The molecule has 0 spiro atoms. The second-order valence-corrected chi connectivity index (χ2v) is 4.17. The van der Waals surface area contributed by atoms with E-state index in [2.05, 4.69) is 0 Å². The van der Waals surface area contributed by atoms with Gasteiger partial charge in [0.1, 0.15) is 0 Å². The van der Waals surface area contributed by atoms with Gasteiger partial charge in [-0.05, 0) is 19.1 Å². The van der Waals surface area contributed by atoms with Gasteiger partial charge in [-0.1, -0.05) is 0 Å². The molecule has 0 saturated carbocycles. The van der Waals surface area contributed by atoms with Crippen LogP contribution in [-0.4, -0.2) is 34.3 Å². The van der Waals surface area contributed by atoms with Crippen LogP contribution in [-0.2, 0) is 15.5 Å². The van der Waals surface area contributed by atoms with E-state index < -0.39 is 16.8 Å². The van der Waals surface area contributed by atoms with E-state index in [0.29, 0.717) is 19.0 Å². The minimum atomic E-state index is -1.34. The van der Waals surface area contributed by atoms with E-state index in [4.69, 9.17) is 14.3 Å².